The first-order chi connectivity index (χ1) is 39.4. The van der Waals surface area contributed by atoms with Gasteiger partial charge in [-0.15, -0.1) is 0 Å². The highest BCUT2D eigenvalue weighted by Gasteiger charge is 2.29. The molecule has 4 aliphatic rings. The molecule has 4 aromatic rings. The van der Waals surface area contributed by atoms with Crippen LogP contribution in [0.4, 0.5) is 43.7 Å². The van der Waals surface area contributed by atoms with Gasteiger partial charge in [0.1, 0.15) is 22.9 Å². The van der Waals surface area contributed by atoms with Crippen molar-refractivity contribution >= 4 is 93.8 Å². The van der Waals surface area contributed by atoms with Gasteiger partial charge in [-0.1, -0.05) is 52.0 Å². The summed E-state index contributed by atoms with van der Waals surface area (Å²) in [6, 6.07) is 21.5. The molecule has 4 aromatic carbocycles. The van der Waals surface area contributed by atoms with Crippen molar-refractivity contribution in [3.63, 3.8) is 0 Å². The fraction of sp³-hybridized carbons (Fsp3) is 0.438. The number of benzene rings is 4. The average Bonchev–Trinajstić information content (AvgIpc) is 4.03. The molecule has 0 aromatic heterocycles. The number of carbonyl (C=O) groups is 6. The van der Waals surface area contributed by atoms with E-state index in [0.717, 1.165) is 86.1 Å². The number of nitrogens with two attached hydrogens (primary N) is 2. The zero-order chi connectivity index (χ0) is 60.6. The van der Waals surface area contributed by atoms with Gasteiger partial charge in [0.25, 0.3) is 5.91 Å². The molecule has 8 rings (SSSR count). The monoisotopic (exact) mass is 1140 g/mol. The number of fused-ring (bicyclic) bond motifs is 4. The summed E-state index contributed by atoms with van der Waals surface area (Å²) in [6.07, 6.45) is 10.5. The number of hydrogen-bond donors (Lipinski definition) is 6. The van der Waals surface area contributed by atoms with Gasteiger partial charge in [0, 0.05) is 97.0 Å². The van der Waals surface area contributed by atoms with E-state index in [1.807, 2.05) is 82.0 Å². The molecule has 4 heterocycles. The van der Waals surface area contributed by atoms with Gasteiger partial charge in [-0.05, 0) is 165 Å². The van der Waals surface area contributed by atoms with E-state index >= 15 is 0 Å². The Morgan fingerprint density at radius 1 is 0.651 bits per heavy atom. The molecule has 19 heteroatoms. The van der Waals surface area contributed by atoms with Crippen molar-refractivity contribution in [2.75, 3.05) is 60.5 Å². The first-order valence-corrected chi connectivity index (χ1v) is 28.9. The SMILES string of the molecule is CC(C)(C)OC(=O)N1CCCc2ccc(N)cc21.CCCN(CCC)C(=O)C1=Cc2ccc(C(=O)Nc3ccc4c(c3)NCCC4)cc2N=C(N)C1.CCCN(CCC)C(=O)C1=Cc2ccc(C(=O)O)cc2N=C(NC(=O)OC(C)(C)C)C1. The van der Waals surface area contributed by atoms with Crippen LogP contribution in [0.15, 0.2) is 93.9 Å². The Kier molecular flexibility index (Phi) is 22.2. The van der Waals surface area contributed by atoms with Gasteiger partial charge < -0.3 is 46.5 Å². The van der Waals surface area contributed by atoms with E-state index in [-0.39, 0.29) is 41.6 Å². The van der Waals surface area contributed by atoms with E-state index in [1.165, 1.54) is 17.7 Å². The molecule has 0 aliphatic carbocycles. The quantitative estimate of drug-likeness (QED) is 0.0683. The predicted octanol–water partition coefficient (Wildman–Crippen LogP) is 12.1. The Bertz CT molecular complexity index is 3150. The van der Waals surface area contributed by atoms with Crippen LogP contribution in [0.25, 0.3) is 12.2 Å². The van der Waals surface area contributed by atoms with Gasteiger partial charge >= 0.3 is 18.2 Å². The van der Waals surface area contributed by atoms with Crippen LogP contribution in [-0.2, 0) is 31.9 Å². The summed E-state index contributed by atoms with van der Waals surface area (Å²) < 4.78 is 10.7. The number of aliphatic imine (C=N–C) groups is 2. The number of nitrogen functional groups attached to an aromatic ring is 1. The summed E-state index contributed by atoms with van der Waals surface area (Å²) in [5.74, 6) is -0.835. The first-order valence-electron chi connectivity index (χ1n) is 28.9. The molecule has 4 aliphatic heterocycles. The molecule has 8 N–H and O–H groups in total. The minimum Gasteiger partial charge on any atom is -0.478 e. The normalized spacial score (nSPS) is 14.2. The fourth-order valence-electron chi connectivity index (χ4n) is 9.76. The third-order valence-corrected chi connectivity index (χ3v) is 13.4. The zero-order valence-corrected chi connectivity index (χ0v) is 50.0. The van der Waals surface area contributed by atoms with Crippen LogP contribution < -0.4 is 32.3 Å². The van der Waals surface area contributed by atoms with Crippen LogP contribution in [-0.4, -0.2) is 113 Å². The Labute approximate surface area is 488 Å². The number of aryl methyl sites for hydroxylation is 2. The molecule has 444 valence electrons. The highest BCUT2D eigenvalue weighted by atomic mass is 16.6. The van der Waals surface area contributed by atoms with E-state index < -0.39 is 23.3 Å². The van der Waals surface area contributed by atoms with E-state index in [4.69, 9.17) is 20.9 Å². The maximum atomic E-state index is 13.2. The third-order valence-electron chi connectivity index (χ3n) is 13.4. The van der Waals surface area contributed by atoms with Crippen molar-refractivity contribution in [1.82, 2.24) is 15.1 Å². The third kappa shape index (κ3) is 18.5. The molecular formula is C64H84N10O9. The number of amides is 5. The lowest BCUT2D eigenvalue weighted by molar-refractivity contribution is -0.128. The average molecular weight is 1140 g/mol. The summed E-state index contributed by atoms with van der Waals surface area (Å²) in [5, 5.41) is 18.3. The van der Waals surface area contributed by atoms with Crippen LogP contribution >= 0.6 is 0 Å². The molecule has 0 fully saturated rings. The number of amidine groups is 2. The molecule has 0 atom stereocenters. The Hall–Kier alpha value is -8.48. The van der Waals surface area contributed by atoms with Crippen molar-refractivity contribution in [2.24, 2.45) is 15.7 Å². The van der Waals surface area contributed by atoms with Crippen LogP contribution in [0.5, 0.6) is 0 Å². The Balaban J connectivity index is 0.000000209. The van der Waals surface area contributed by atoms with Crippen molar-refractivity contribution < 1.29 is 43.3 Å². The lowest BCUT2D eigenvalue weighted by Crippen LogP contribution is -2.39. The lowest BCUT2D eigenvalue weighted by atomic mass is 10.0. The summed E-state index contributed by atoms with van der Waals surface area (Å²) in [6.45, 7) is 23.3. The second-order valence-corrected chi connectivity index (χ2v) is 22.9. The van der Waals surface area contributed by atoms with E-state index in [9.17, 15) is 33.9 Å². The largest absolute Gasteiger partial charge is 0.478 e. The lowest BCUT2D eigenvalue weighted by Gasteiger charge is -2.31. The molecule has 0 saturated heterocycles. The number of aromatic carboxylic acids is 1. The van der Waals surface area contributed by atoms with E-state index in [0.29, 0.717) is 84.3 Å². The second-order valence-electron chi connectivity index (χ2n) is 22.9. The molecule has 0 unspecified atom stereocenters. The van der Waals surface area contributed by atoms with Crippen molar-refractivity contribution in [2.45, 2.75) is 145 Å². The molecule has 19 nitrogen and oxygen atoms in total. The number of ether oxygens (including phenoxy) is 2. The number of anilines is 4. The number of hydrogen-bond acceptors (Lipinski definition) is 13. The molecule has 0 saturated carbocycles. The number of carboxylic acid groups (broad SMARTS) is 1. The van der Waals surface area contributed by atoms with Gasteiger partial charge in [0.05, 0.1) is 22.6 Å². The van der Waals surface area contributed by atoms with E-state index in [1.54, 1.807) is 54.8 Å². The van der Waals surface area contributed by atoms with Gasteiger partial charge in [0.15, 0.2) is 0 Å². The topological polar surface area (TPSA) is 264 Å². The van der Waals surface area contributed by atoms with Crippen molar-refractivity contribution in [3.8, 4) is 0 Å². The Morgan fingerprint density at radius 3 is 1.80 bits per heavy atom. The van der Waals surface area contributed by atoms with Gasteiger partial charge in [-0.25, -0.2) is 24.4 Å². The highest BCUT2D eigenvalue weighted by molar-refractivity contribution is 6.10. The number of nitrogens with one attached hydrogen (secondary N) is 3. The Morgan fingerprint density at radius 2 is 1.20 bits per heavy atom. The molecule has 0 bridgehead atoms. The summed E-state index contributed by atoms with van der Waals surface area (Å²) in [5.41, 5.74) is 20.6. The fourth-order valence-corrected chi connectivity index (χ4v) is 9.76. The zero-order valence-electron chi connectivity index (χ0n) is 50.0. The van der Waals surface area contributed by atoms with Gasteiger partial charge in [0.2, 0.25) is 11.8 Å². The first kappa shape index (κ1) is 63.7. The molecule has 5 amide bonds. The molecule has 0 radical (unpaired) electrons. The number of carbonyl (C=O) groups excluding carboxylic acids is 5. The van der Waals surface area contributed by atoms with Gasteiger partial charge in [-0.3, -0.25) is 24.6 Å². The predicted molar refractivity (Wildman–Crippen MR) is 331 cm³/mol. The standard InChI is InChI=1S/C27H33N5O2.C23H31N3O5.C14H20N2O2/c1-3-12-32(13-4-2)27(34)21-14-19-7-8-20(15-24(19)31-25(28)16-21)26(33)30-22-10-9-18-6-5-11-29-23(18)17-22;1-6-10-26(11-7-2)20(27)17-12-15-8-9-16(21(28)29)13-18(15)24-19(14-17)25-22(30)31-23(3,4)5;1-14(2,3)18-13(17)16-8-4-5-10-6-7-11(15)9-12(10)16/h7-10,14-15,17,29H,3-6,11-13,16H2,1-2H3,(H2,28,31)(H,30,33);8-9,12-13H,6-7,10-11,14H2,1-5H3,(H,28,29)(H,24,25,30);6-7,9H,4-5,8,15H2,1-3H3. The second kappa shape index (κ2) is 29.0. The number of rotatable bonds is 13. The van der Waals surface area contributed by atoms with Gasteiger partial charge in [-0.2, -0.15) is 0 Å². The minimum atomic E-state index is -1.08. The number of alkyl carbamates (subject to hydrolysis) is 1. The number of nitrogens with zero attached hydrogens (tertiary/aromatic N) is 5. The van der Waals surface area contributed by atoms with Crippen LogP contribution in [0.3, 0.4) is 0 Å². The van der Waals surface area contributed by atoms with Crippen LogP contribution in [0, 0.1) is 0 Å². The molecular weight excluding hydrogens is 1050 g/mol. The molecule has 83 heavy (non-hydrogen) atoms. The maximum absolute atomic E-state index is 13.2. The summed E-state index contributed by atoms with van der Waals surface area (Å²) >= 11 is 0. The summed E-state index contributed by atoms with van der Waals surface area (Å²) in [4.78, 5) is 89.5. The molecule has 0 spiro atoms. The van der Waals surface area contributed by atoms with Crippen molar-refractivity contribution in [1.29, 1.82) is 0 Å². The van der Waals surface area contributed by atoms with Crippen molar-refractivity contribution in [3.05, 3.63) is 117 Å². The number of carboxylic acids is 1. The van der Waals surface area contributed by atoms with Crippen LogP contribution in [0.2, 0.25) is 0 Å². The summed E-state index contributed by atoms with van der Waals surface area (Å²) in [7, 11) is 0. The van der Waals surface area contributed by atoms with Crippen LogP contribution in [0.1, 0.15) is 164 Å². The van der Waals surface area contributed by atoms with E-state index in [2.05, 4.69) is 45.8 Å². The maximum Gasteiger partial charge on any atom is 0.414 e. The highest BCUT2D eigenvalue weighted by Crippen LogP contribution is 2.33. The minimum absolute atomic E-state index is 0.00228. The smallest absolute Gasteiger partial charge is 0.414 e.